The van der Waals surface area contributed by atoms with Gasteiger partial charge in [-0.2, -0.15) is 0 Å². The monoisotopic (exact) mass is 176 g/mol. The lowest BCUT2D eigenvalue weighted by atomic mass is 9.86. The Kier molecular flexibility index (Phi) is 1.59. The number of rotatable bonds is 0. The van der Waals surface area contributed by atoms with E-state index in [1.54, 1.807) is 6.07 Å². The Morgan fingerprint density at radius 1 is 1.23 bits per heavy atom. The molecule has 0 aliphatic heterocycles. The molecule has 0 bridgehead atoms. The van der Waals surface area contributed by atoms with Gasteiger partial charge >= 0.3 is 0 Å². The molecule has 0 radical (unpaired) electrons. The molecule has 13 heavy (non-hydrogen) atoms. The fourth-order valence-electron chi connectivity index (χ4n) is 1.96. The molecule has 68 valence electrons. The van der Waals surface area contributed by atoms with Crippen LogP contribution in [0.3, 0.4) is 0 Å². The lowest BCUT2D eigenvalue weighted by molar-refractivity contribution is 0.563. The molecule has 0 spiro atoms. The zero-order valence-electron chi connectivity index (χ0n) is 8.19. The molecule has 1 aliphatic carbocycles. The Balaban J connectivity index is 2.71. The predicted molar refractivity (Wildman–Crippen MR) is 53.2 cm³/mol. The molecule has 0 saturated carbocycles. The van der Waals surface area contributed by atoms with Gasteiger partial charge in [0.2, 0.25) is 0 Å². The Hall–Kier alpha value is -1.11. The summed E-state index contributed by atoms with van der Waals surface area (Å²) < 4.78 is 13.6. The van der Waals surface area contributed by atoms with Crippen molar-refractivity contribution in [1.82, 2.24) is 0 Å². The number of benzene rings is 1. The molecule has 1 aliphatic rings. The first kappa shape index (κ1) is 8.49. The fourth-order valence-corrected chi connectivity index (χ4v) is 1.96. The summed E-state index contributed by atoms with van der Waals surface area (Å²) in [4.78, 5) is 0. The Morgan fingerprint density at radius 2 is 1.92 bits per heavy atom. The summed E-state index contributed by atoms with van der Waals surface area (Å²) in [6, 6.07) is 3.64. The minimum Gasteiger partial charge on any atom is -0.207 e. The van der Waals surface area contributed by atoms with Crippen LogP contribution >= 0.6 is 0 Å². The van der Waals surface area contributed by atoms with Crippen LogP contribution in [0.25, 0.3) is 6.08 Å². The van der Waals surface area contributed by atoms with Crippen molar-refractivity contribution in [2.75, 3.05) is 0 Å². The van der Waals surface area contributed by atoms with Crippen molar-refractivity contribution in [2.45, 2.75) is 26.2 Å². The standard InChI is InChI=1S/C12H13F/c1-8-6-9-4-5-12(2,3)11(9)10(13)7-8/h4-7H,1-3H3. The molecular formula is C12H13F. The van der Waals surface area contributed by atoms with Gasteiger partial charge in [-0.05, 0) is 24.1 Å². The van der Waals surface area contributed by atoms with Gasteiger partial charge in [0.15, 0.2) is 0 Å². The topological polar surface area (TPSA) is 0 Å². The average Bonchev–Trinajstić information content (AvgIpc) is 2.26. The third-order valence-electron chi connectivity index (χ3n) is 2.59. The SMILES string of the molecule is Cc1cc(F)c2c(c1)C=CC2(C)C. The van der Waals surface area contributed by atoms with E-state index < -0.39 is 0 Å². The average molecular weight is 176 g/mol. The van der Waals surface area contributed by atoms with E-state index in [-0.39, 0.29) is 11.2 Å². The van der Waals surface area contributed by atoms with Crippen LogP contribution in [0.15, 0.2) is 18.2 Å². The third kappa shape index (κ3) is 1.19. The molecule has 0 amide bonds. The van der Waals surface area contributed by atoms with Crippen molar-refractivity contribution < 1.29 is 4.39 Å². The second-order valence-electron chi connectivity index (χ2n) is 4.27. The third-order valence-corrected chi connectivity index (χ3v) is 2.59. The van der Waals surface area contributed by atoms with E-state index >= 15 is 0 Å². The van der Waals surface area contributed by atoms with Crippen molar-refractivity contribution in [1.29, 1.82) is 0 Å². The highest BCUT2D eigenvalue weighted by Gasteiger charge is 2.28. The second-order valence-corrected chi connectivity index (χ2v) is 4.27. The molecule has 0 fully saturated rings. The number of allylic oxidation sites excluding steroid dienone is 1. The number of hydrogen-bond donors (Lipinski definition) is 0. The molecule has 0 nitrogen and oxygen atoms in total. The minimum absolute atomic E-state index is 0.0787. The Bertz CT molecular complexity index is 386. The predicted octanol–water partition coefficient (Wildman–Crippen LogP) is 3.44. The number of fused-ring (bicyclic) bond motifs is 1. The van der Waals surface area contributed by atoms with Crippen LogP contribution in [0.5, 0.6) is 0 Å². The van der Waals surface area contributed by atoms with E-state index in [2.05, 4.69) is 6.08 Å². The molecular weight excluding hydrogens is 163 g/mol. The van der Waals surface area contributed by atoms with Crippen molar-refractivity contribution in [3.05, 3.63) is 40.7 Å². The summed E-state index contributed by atoms with van der Waals surface area (Å²) in [6.07, 6.45) is 4.06. The van der Waals surface area contributed by atoms with Crippen LogP contribution in [-0.4, -0.2) is 0 Å². The molecule has 0 N–H and O–H groups in total. The van der Waals surface area contributed by atoms with Crippen LogP contribution in [0.2, 0.25) is 0 Å². The highest BCUT2D eigenvalue weighted by molar-refractivity contribution is 5.65. The summed E-state index contributed by atoms with van der Waals surface area (Å²) in [5, 5.41) is 0. The zero-order chi connectivity index (χ0) is 9.64. The fraction of sp³-hybridized carbons (Fsp3) is 0.333. The van der Waals surface area contributed by atoms with Crippen LogP contribution in [0.1, 0.15) is 30.5 Å². The second kappa shape index (κ2) is 2.44. The smallest absolute Gasteiger partial charge is 0.128 e. The van der Waals surface area contributed by atoms with E-state index in [0.717, 1.165) is 16.7 Å². The highest BCUT2D eigenvalue weighted by atomic mass is 19.1. The van der Waals surface area contributed by atoms with Gasteiger partial charge in [0.25, 0.3) is 0 Å². The number of hydrogen-bond acceptors (Lipinski definition) is 0. The maximum absolute atomic E-state index is 13.6. The van der Waals surface area contributed by atoms with Crippen molar-refractivity contribution >= 4 is 6.08 Å². The summed E-state index contributed by atoms with van der Waals surface area (Å²) >= 11 is 0. The van der Waals surface area contributed by atoms with E-state index in [1.807, 2.05) is 32.9 Å². The van der Waals surface area contributed by atoms with Crippen LogP contribution < -0.4 is 0 Å². The summed E-state index contributed by atoms with van der Waals surface area (Å²) in [7, 11) is 0. The maximum atomic E-state index is 13.6. The number of halogens is 1. The van der Waals surface area contributed by atoms with Crippen LogP contribution in [0.4, 0.5) is 4.39 Å². The van der Waals surface area contributed by atoms with Crippen molar-refractivity contribution in [3.8, 4) is 0 Å². The van der Waals surface area contributed by atoms with E-state index in [0.29, 0.717) is 0 Å². The molecule has 0 heterocycles. The first-order valence-corrected chi connectivity index (χ1v) is 4.50. The van der Waals surface area contributed by atoms with Gasteiger partial charge in [0, 0.05) is 11.0 Å². The minimum atomic E-state index is -0.146. The molecule has 0 unspecified atom stereocenters. The quantitative estimate of drug-likeness (QED) is 0.568. The molecule has 1 aromatic rings. The Morgan fingerprint density at radius 3 is 2.62 bits per heavy atom. The number of aryl methyl sites for hydroxylation is 1. The van der Waals surface area contributed by atoms with Gasteiger partial charge in [-0.1, -0.05) is 32.1 Å². The Labute approximate surface area is 78.1 Å². The lowest BCUT2D eigenvalue weighted by Crippen LogP contribution is -2.13. The van der Waals surface area contributed by atoms with Gasteiger partial charge in [-0.25, -0.2) is 4.39 Å². The van der Waals surface area contributed by atoms with Gasteiger partial charge in [-0.15, -0.1) is 0 Å². The van der Waals surface area contributed by atoms with Crippen LogP contribution in [0, 0.1) is 12.7 Å². The maximum Gasteiger partial charge on any atom is 0.128 e. The zero-order valence-corrected chi connectivity index (χ0v) is 8.19. The molecule has 1 aromatic carbocycles. The van der Waals surface area contributed by atoms with E-state index in [9.17, 15) is 4.39 Å². The van der Waals surface area contributed by atoms with Gasteiger partial charge < -0.3 is 0 Å². The molecule has 0 atom stereocenters. The summed E-state index contributed by atoms with van der Waals surface area (Å²) in [5.74, 6) is -0.0787. The lowest BCUT2D eigenvalue weighted by Gasteiger charge is -2.18. The van der Waals surface area contributed by atoms with Gasteiger partial charge in [0.05, 0.1) is 0 Å². The van der Waals surface area contributed by atoms with Gasteiger partial charge in [0.1, 0.15) is 5.82 Å². The molecule has 0 saturated heterocycles. The first-order chi connectivity index (χ1) is 6.00. The summed E-state index contributed by atoms with van der Waals surface area (Å²) in [5.41, 5.74) is 2.70. The van der Waals surface area contributed by atoms with Crippen molar-refractivity contribution in [3.63, 3.8) is 0 Å². The van der Waals surface area contributed by atoms with Crippen molar-refractivity contribution in [2.24, 2.45) is 0 Å². The summed E-state index contributed by atoms with van der Waals surface area (Å²) in [6.45, 7) is 5.99. The van der Waals surface area contributed by atoms with E-state index in [1.165, 1.54) is 0 Å². The highest BCUT2D eigenvalue weighted by Crippen LogP contribution is 2.37. The van der Waals surface area contributed by atoms with Gasteiger partial charge in [-0.3, -0.25) is 0 Å². The van der Waals surface area contributed by atoms with Crippen LogP contribution in [-0.2, 0) is 5.41 Å². The normalized spacial score (nSPS) is 17.5. The molecule has 1 heteroatoms. The molecule has 2 rings (SSSR count). The largest absolute Gasteiger partial charge is 0.207 e. The first-order valence-electron chi connectivity index (χ1n) is 4.50. The van der Waals surface area contributed by atoms with E-state index in [4.69, 9.17) is 0 Å². The molecule has 0 aromatic heterocycles.